The van der Waals surface area contributed by atoms with Gasteiger partial charge in [0.25, 0.3) is 5.91 Å². The van der Waals surface area contributed by atoms with Crippen LogP contribution in [0, 0.1) is 0 Å². The van der Waals surface area contributed by atoms with Gasteiger partial charge in [-0.3, -0.25) is 4.79 Å². The van der Waals surface area contributed by atoms with Gasteiger partial charge in [0, 0.05) is 12.6 Å². The lowest BCUT2D eigenvalue weighted by molar-refractivity contribution is -0.135. The van der Waals surface area contributed by atoms with Crippen LogP contribution in [0.3, 0.4) is 0 Å². The SMILES string of the molecule is CN1C(=O)OC(C)(c2ccccc2)C1=O. The highest BCUT2D eigenvalue weighted by molar-refractivity contribution is 6.02. The Hall–Kier alpha value is -1.84. The zero-order chi connectivity index (χ0) is 11.1. The molecule has 4 nitrogen and oxygen atoms in total. The Morgan fingerprint density at radius 3 is 2.27 bits per heavy atom. The molecular formula is C11H11NO3. The number of nitrogens with zero attached hydrogens (tertiary/aromatic N) is 1. The maximum absolute atomic E-state index is 11.8. The highest BCUT2D eigenvalue weighted by Gasteiger charge is 2.49. The van der Waals surface area contributed by atoms with Crippen molar-refractivity contribution < 1.29 is 14.3 Å². The largest absolute Gasteiger partial charge is 0.428 e. The molecule has 1 atom stereocenters. The van der Waals surface area contributed by atoms with Crippen LogP contribution < -0.4 is 0 Å². The second kappa shape index (κ2) is 3.08. The van der Waals surface area contributed by atoms with Gasteiger partial charge in [-0.15, -0.1) is 0 Å². The second-order valence-corrected chi connectivity index (χ2v) is 3.63. The fourth-order valence-electron chi connectivity index (χ4n) is 1.63. The van der Waals surface area contributed by atoms with Gasteiger partial charge in [0.15, 0.2) is 0 Å². The second-order valence-electron chi connectivity index (χ2n) is 3.63. The van der Waals surface area contributed by atoms with Crippen molar-refractivity contribution in [2.24, 2.45) is 0 Å². The normalized spacial score (nSPS) is 25.6. The van der Waals surface area contributed by atoms with Crippen LogP contribution in [0.5, 0.6) is 0 Å². The number of carbonyl (C=O) groups excluding carboxylic acids is 2. The van der Waals surface area contributed by atoms with Gasteiger partial charge in [0.2, 0.25) is 5.60 Å². The smallest absolute Gasteiger partial charge is 0.417 e. The lowest BCUT2D eigenvalue weighted by Gasteiger charge is -2.19. The van der Waals surface area contributed by atoms with Gasteiger partial charge >= 0.3 is 6.09 Å². The maximum Gasteiger partial charge on any atom is 0.417 e. The summed E-state index contributed by atoms with van der Waals surface area (Å²) in [7, 11) is 1.42. The first-order valence-electron chi connectivity index (χ1n) is 4.62. The van der Waals surface area contributed by atoms with Gasteiger partial charge < -0.3 is 4.74 Å². The van der Waals surface area contributed by atoms with E-state index in [1.54, 1.807) is 31.2 Å². The first kappa shape index (κ1) is 9.71. The summed E-state index contributed by atoms with van der Waals surface area (Å²) in [6.45, 7) is 1.60. The summed E-state index contributed by atoms with van der Waals surface area (Å²) < 4.78 is 5.10. The number of carbonyl (C=O) groups is 2. The summed E-state index contributed by atoms with van der Waals surface area (Å²) in [6, 6.07) is 8.99. The zero-order valence-corrected chi connectivity index (χ0v) is 8.56. The van der Waals surface area contributed by atoms with Crippen LogP contribution in [0.2, 0.25) is 0 Å². The van der Waals surface area contributed by atoms with Crippen LogP contribution in [0.15, 0.2) is 30.3 Å². The molecule has 0 saturated carbocycles. The van der Waals surface area contributed by atoms with E-state index in [1.165, 1.54) is 7.05 Å². The number of amides is 2. The molecule has 1 heterocycles. The monoisotopic (exact) mass is 205 g/mol. The molecule has 1 aliphatic rings. The van der Waals surface area contributed by atoms with Gasteiger partial charge in [-0.25, -0.2) is 9.69 Å². The third-order valence-corrected chi connectivity index (χ3v) is 2.60. The van der Waals surface area contributed by atoms with Crippen molar-refractivity contribution in [2.45, 2.75) is 12.5 Å². The molecule has 0 spiro atoms. The van der Waals surface area contributed by atoms with Gasteiger partial charge in [-0.2, -0.15) is 0 Å². The number of likely N-dealkylation sites (N-methyl/N-ethyl adjacent to an activating group) is 1. The lowest BCUT2D eigenvalue weighted by Crippen LogP contribution is -2.34. The quantitative estimate of drug-likeness (QED) is 0.698. The molecule has 1 saturated heterocycles. The molecule has 4 heteroatoms. The molecule has 0 aliphatic carbocycles. The fourth-order valence-corrected chi connectivity index (χ4v) is 1.63. The highest BCUT2D eigenvalue weighted by atomic mass is 16.6. The first-order chi connectivity index (χ1) is 7.05. The number of hydrogen-bond donors (Lipinski definition) is 0. The minimum absolute atomic E-state index is 0.335. The summed E-state index contributed by atoms with van der Waals surface area (Å²) in [5, 5.41) is 0. The van der Waals surface area contributed by atoms with E-state index in [2.05, 4.69) is 0 Å². The molecule has 1 aromatic carbocycles. The third kappa shape index (κ3) is 1.29. The van der Waals surface area contributed by atoms with Crippen molar-refractivity contribution in [3.8, 4) is 0 Å². The van der Waals surface area contributed by atoms with Crippen molar-refractivity contribution in [3.63, 3.8) is 0 Å². The summed E-state index contributed by atoms with van der Waals surface area (Å²) in [6.07, 6.45) is -0.605. The van der Waals surface area contributed by atoms with Crippen LogP contribution >= 0.6 is 0 Å². The number of rotatable bonds is 1. The fraction of sp³-hybridized carbons (Fsp3) is 0.273. The van der Waals surface area contributed by atoms with Crippen LogP contribution in [0.4, 0.5) is 4.79 Å². The maximum atomic E-state index is 11.8. The Balaban J connectivity index is 2.45. The van der Waals surface area contributed by atoms with E-state index in [1.807, 2.05) is 6.07 Å². The predicted octanol–water partition coefficient (Wildman–Crippen LogP) is 1.51. The molecular weight excluding hydrogens is 194 g/mol. The number of imide groups is 1. The Kier molecular flexibility index (Phi) is 2.00. The number of cyclic esters (lactones) is 1. The molecule has 2 amide bonds. The van der Waals surface area contributed by atoms with Crippen LogP contribution in [-0.4, -0.2) is 23.9 Å². The van der Waals surface area contributed by atoms with E-state index < -0.39 is 11.7 Å². The van der Waals surface area contributed by atoms with Crippen molar-refractivity contribution in [3.05, 3.63) is 35.9 Å². The van der Waals surface area contributed by atoms with Crippen LogP contribution in [-0.2, 0) is 15.1 Å². The molecule has 1 aromatic rings. The molecule has 1 aliphatic heterocycles. The van der Waals surface area contributed by atoms with Crippen molar-refractivity contribution >= 4 is 12.0 Å². The van der Waals surface area contributed by atoms with Gasteiger partial charge in [-0.05, 0) is 6.92 Å². The van der Waals surface area contributed by atoms with Crippen molar-refractivity contribution in [1.82, 2.24) is 4.90 Å². The standard InChI is InChI=1S/C11H11NO3/c1-11(8-6-4-3-5-7-8)9(13)12(2)10(14)15-11/h3-7H,1-2H3. The average Bonchev–Trinajstić information content (AvgIpc) is 2.45. The lowest BCUT2D eigenvalue weighted by atomic mass is 9.95. The first-order valence-corrected chi connectivity index (χ1v) is 4.62. The summed E-state index contributed by atoms with van der Waals surface area (Å²) in [4.78, 5) is 24.1. The van der Waals surface area contributed by atoms with Crippen molar-refractivity contribution in [2.75, 3.05) is 7.05 Å². The van der Waals surface area contributed by atoms with E-state index in [4.69, 9.17) is 4.74 Å². The average molecular weight is 205 g/mol. The van der Waals surface area contributed by atoms with E-state index in [9.17, 15) is 9.59 Å². The van der Waals surface area contributed by atoms with Crippen molar-refractivity contribution in [1.29, 1.82) is 0 Å². The summed E-state index contributed by atoms with van der Waals surface area (Å²) in [5.41, 5.74) is -0.486. The van der Waals surface area contributed by atoms with Crippen LogP contribution in [0.1, 0.15) is 12.5 Å². The van der Waals surface area contributed by atoms with Gasteiger partial charge in [0.1, 0.15) is 0 Å². The Morgan fingerprint density at radius 1 is 1.20 bits per heavy atom. The summed E-state index contributed by atoms with van der Waals surface area (Å²) >= 11 is 0. The number of benzene rings is 1. The van der Waals surface area contributed by atoms with Crippen LogP contribution in [0.25, 0.3) is 0 Å². The molecule has 0 radical (unpaired) electrons. The number of hydrogen-bond acceptors (Lipinski definition) is 3. The van der Waals surface area contributed by atoms with E-state index in [0.717, 1.165) is 4.90 Å². The minimum atomic E-state index is -1.17. The minimum Gasteiger partial charge on any atom is -0.428 e. The molecule has 1 fully saturated rings. The Bertz CT molecular complexity index is 415. The third-order valence-electron chi connectivity index (χ3n) is 2.60. The molecule has 2 rings (SSSR count). The Morgan fingerprint density at radius 2 is 1.80 bits per heavy atom. The van der Waals surface area contributed by atoms with E-state index in [0.29, 0.717) is 5.56 Å². The van der Waals surface area contributed by atoms with Gasteiger partial charge in [0.05, 0.1) is 0 Å². The predicted molar refractivity (Wildman–Crippen MR) is 53.0 cm³/mol. The van der Waals surface area contributed by atoms with E-state index in [-0.39, 0.29) is 5.91 Å². The van der Waals surface area contributed by atoms with E-state index >= 15 is 0 Å². The van der Waals surface area contributed by atoms with Gasteiger partial charge in [-0.1, -0.05) is 30.3 Å². The highest BCUT2D eigenvalue weighted by Crippen LogP contribution is 2.32. The molecule has 15 heavy (non-hydrogen) atoms. The zero-order valence-electron chi connectivity index (χ0n) is 8.56. The summed E-state index contributed by atoms with van der Waals surface area (Å²) in [5.74, 6) is -0.335. The topological polar surface area (TPSA) is 46.6 Å². The molecule has 0 bridgehead atoms. The molecule has 0 aromatic heterocycles. The molecule has 1 unspecified atom stereocenters. The Labute approximate surface area is 87.4 Å². The molecule has 0 N–H and O–H groups in total. The molecule has 78 valence electrons. The number of ether oxygens (including phenoxy) is 1.